The van der Waals surface area contributed by atoms with Gasteiger partial charge in [0.25, 0.3) is 11.5 Å². The molecule has 0 spiro atoms. The number of aromatic amines is 1. The van der Waals surface area contributed by atoms with Crippen molar-refractivity contribution in [2.75, 3.05) is 26.2 Å². The zero-order valence-corrected chi connectivity index (χ0v) is 15.9. The van der Waals surface area contributed by atoms with Crippen LogP contribution >= 0.6 is 0 Å². The number of nitrogens with one attached hydrogen (secondary N) is 1. The standard InChI is InChI=1S/C21H20F2N4O2/c1-13(19-24-18-5-3-2-4-15(18)20(28)25-19)26-8-10-27(11-9-26)21(29)14-6-7-16(22)17(23)12-14/h2-7,12-13H,8-11H2,1H3,(H,24,25,28). The van der Waals surface area contributed by atoms with Crippen LogP contribution in [0.5, 0.6) is 0 Å². The van der Waals surface area contributed by atoms with Crippen molar-refractivity contribution in [3.8, 4) is 0 Å². The first kappa shape index (κ1) is 19.2. The molecular weight excluding hydrogens is 378 g/mol. The Morgan fingerprint density at radius 2 is 1.79 bits per heavy atom. The molecule has 29 heavy (non-hydrogen) atoms. The monoisotopic (exact) mass is 398 g/mol. The maximum atomic E-state index is 13.4. The first-order valence-electron chi connectivity index (χ1n) is 9.41. The molecule has 3 aromatic rings. The largest absolute Gasteiger partial charge is 0.336 e. The first-order valence-corrected chi connectivity index (χ1v) is 9.41. The Morgan fingerprint density at radius 3 is 2.52 bits per heavy atom. The summed E-state index contributed by atoms with van der Waals surface area (Å²) in [6.45, 7) is 4.00. The van der Waals surface area contributed by atoms with Gasteiger partial charge in [-0.3, -0.25) is 14.5 Å². The second kappa shape index (κ2) is 7.71. The molecular formula is C21H20F2N4O2. The van der Waals surface area contributed by atoms with Crippen LogP contribution in [0.4, 0.5) is 8.78 Å². The highest BCUT2D eigenvalue weighted by Crippen LogP contribution is 2.20. The lowest BCUT2D eigenvalue weighted by atomic mass is 10.1. The van der Waals surface area contributed by atoms with Gasteiger partial charge in [0.05, 0.1) is 16.9 Å². The van der Waals surface area contributed by atoms with Gasteiger partial charge < -0.3 is 9.88 Å². The summed E-state index contributed by atoms with van der Waals surface area (Å²) >= 11 is 0. The molecule has 0 bridgehead atoms. The highest BCUT2D eigenvalue weighted by molar-refractivity contribution is 5.94. The number of hydrogen-bond acceptors (Lipinski definition) is 4. The first-order chi connectivity index (χ1) is 13.9. The molecule has 1 fully saturated rings. The average molecular weight is 398 g/mol. The molecule has 2 heterocycles. The number of amides is 1. The van der Waals surface area contributed by atoms with Crippen molar-refractivity contribution in [1.82, 2.24) is 19.8 Å². The Labute approximate surface area is 165 Å². The molecule has 6 nitrogen and oxygen atoms in total. The Hall–Kier alpha value is -3.13. The molecule has 1 amide bonds. The summed E-state index contributed by atoms with van der Waals surface area (Å²) in [7, 11) is 0. The van der Waals surface area contributed by atoms with E-state index >= 15 is 0 Å². The Kier molecular flexibility index (Phi) is 5.10. The highest BCUT2D eigenvalue weighted by atomic mass is 19.2. The maximum Gasteiger partial charge on any atom is 0.258 e. The molecule has 4 rings (SSSR count). The molecule has 1 aliphatic rings. The van der Waals surface area contributed by atoms with Crippen molar-refractivity contribution in [2.45, 2.75) is 13.0 Å². The summed E-state index contributed by atoms with van der Waals surface area (Å²) in [5.41, 5.74) is 0.598. The van der Waals surface area contributed by atoms with Gasteiger partial charge in [0.2, 0.25) is 0 Å². The molecule has 0 radical (unpaired) electrons. The number of para-hydroxylation sites is 1. The molecule has 1 saturated heterocycles. The summed E-state index contributed by atoms with van der Waals surface area (Å²) in [5, 5.41) is 0.547. The summed E-state index contributed by atoms with van der Waals surface area (Å²) in [6, 6.07) is 10.2. The third kappa shape index (κ3) is 3.75. The Bertz CT molecular complexity index is 1120. The summed E-state index contributed by atoms with van der Waals surface area (Å²) in [6.07, 6.45) is 0. The zero-order valence-electron chi connectivity index (χ0n) is 15.9. The SMILES string of the molecule is CC(c1nc2ccccc2c(=O)[nH]1)N1CCN(C(=O)c2ccc(F)c(F)c2)CC1. The fourth-order valence-electron chi connectivity index (χ4n) is 3.60. The van der Waals surface area contributed by atoms with Crippen molar-refractivity contribution in [1.29, 1.82) is 0 Å². The summed E-state index contributed by atoms with van der Waals surface area (Å²) < 4.78 is 26.5. The number of rotatable bonds is 3. The quantitative estimate of drug-likeness (QED) is 0.737. The van der Waals surface area contributed by atoms with Crippen LogP contribution in [0.15, 0.2) is 47.3 Å². The number of halogens is 2. The third-order valence-electron chi connectivity index (χ3n) is 5.34. The van der Waals surface area contributed by atoms with Crippen LogP contribution in [0.2, 0.25) is 0 Å². The van der Waals surface area contributed by atoms with Crippen molar-refractivity contribution < 1.29 is 13.6 Å². The lowest BCUT2D eigenvalue weighted by molar-refractivity contribution is 0.0575. The predicted molar refractivity (Wildman–Crippen MR) is 105 cm³/mol. The number of piperazine rings is 1. The van der Waals surface area contributed by atoms with E-state index in [1.54, 1.807) is 23.1 Å². The van der Waals surface area contributed by atoms with E-state index in [1.807, 2.05) is 13.0 Å². The lowest BCUT2D eigenvalue weighted by Gasteiger charge is -2.37. The van der Waals surface area contributed by atoms with Gasteiger partial charge in [-0.25, -0.2) is 13.8 Å². The van der Waals surface area contributed by atoms with E-state index in [2.05, 4.69) is 14.9 Å². The molecule has 1 N–H and O–H groups in total. The Balaban J connectivity index is 1.46. The molecule has 1 atom stereocenters. The van der Waals surface area contributed by atoms with Crippen LogP contribution in [-0.4, -0.2) is 51.9 Å². The van der Waals surface area contributed by atoms with Gasteiger partial charge in [-0.2, -0.15) is 0 Å². The van der Waals surface area contributed by atoms with Crippen molar-refractivity contribution in [3.63, 3.8) is 0 Å². The highest BCUT2D eigenvalue weighted by Gasteiger charge is 2.27. The molecule has 8 heteroatoms. The predicted octanol–water partition coefficient (Wildman–Crippen LogP) is 2.72. The van der Waals surface area contributed by atoms with Crippen molar-refractivity contribution in [2.24, 2.45) is 0 Å². The van der Waals surface area contributed by atoms with Gasteiger partial charge in [-0.05, 0) is 37.3 Å². The van der Waals surface area contributed by atoms with Crippen LogP contribution < -0.4 is 5.56 Å². The summed E-state index contributed by atoms with van der Waals surface area (Å²) in [4.78, 5) is 36.0. The van der Waals surface area contributed by atoms with Crippen molar-refractivity contribution >= 4 is 16.8 Å². The molecule has 1 unspecified atom stereocenters. The van der Waals surface area contributed by atoms with Crippen LogP contribution in [0.1, 0.15) is 29.1 Å². The van der Waals surface area contributed by atoms with Crippen LogP contribution in [0.3, 0.4) is 0 Å². The van der Waals surface area contributed by atoms with E-state index in [4.69, 9.17) is 0 Å². The van der Waals surface area contributed by atoms with E-state index in [1.165, 1.54) is 6.07 Å². The molecule has 1 aliphatic heterocycles. The van der Waals surface area contributed by atoms with Crippen LogP contribution in [-0.2, 0) is 0 Å². The number of hydrogen-bond donors (Lipinski definition) is 1. The van der Waals surface area contributed by atoms with Crippen LogP contribution in [0, 0.1) is 11.6 Å². The number of aromatic nitrogens is 2. The van der Waals surface area contributed by atoms with Gasteiger partial charge in [0.1, 0.15) is 5.82 Å². The minimum Gasteiger partial charge on any atom is -0.336 e. The van der Waals surface area contributed by atoms with E-state index in [9.17, 15) is 18.4 Å². The zero-order chi connectivity index (χ0) is 20.5. The minimum absolute atomic E-state index is 0.130. The van der Waals surface area contributed by atoms with Gasteiger partial charge >= 0.3 is 0 Å². The third-order valence-corrected chi connectivity index (χ3v) is 5.34. The van der Waals surface area contributed by atoms with Gasteiger partial charge in [0, 0.05) is 31.7 Å². The van der Waals surface area contributed by atoms with E-state index in [0.29, 0.717) is 42.9 Å². The number of H-pyrrole nitrogens is 1. The fraction of sp³-hybridized carbons (Fsp3) is 0.286. The number of nitrogens with zero attached hydrogens (tertiary/aromatic N) is 3. The average Bonchev–Trinajstić information content (AvgIpc) is 2.75. The maximum absolute atomic E-state index is 13.4. The fourth-order valence-corrected chi connectivity index (χ4v) is 3.60. The number of carbonyl (C=O) groups excluding carboxylic acids is 1. The molecule has 2 aromatic carbocycles. The number of fused-ring (bicyclic) bond motifs is 1. The Morgan fingerprint density at radius 1 is 1.07 bits per heavy atom. The lowest BCUT2D eigenvalue weighted by Crippen LogP contribution is -2.49. The molecule has 0 saturated carbocycles. The van der Waals surface area contributed by atoms with E-state index < -0.39 is 11.6 Å². The number of carbonyl (C=O) groups is 1. The van der Waals surface area contributed by atoms with Crippen LogP contribution in [0.25, 0.3) is 10.9 Å². The minimum atomic E-state index is -1.03. The van der Waals surface area contributed by atoms with E-state index in [0.717, 1.165) is 12.1 Å². The second-order valence-electron chi connectivity index (χ2n) is 7.10. The normalized spacial score (nSPS) is 16.2. The number of benzene rings is 2. The molecule has 150 valence electrons. The van der Waals surface area contributed by atoms with E-state index in [-0.39, 0.29) is 23.1 Å². The van der Waals surface area contributed by atoms with Crippen molar-refractivity contribution in [3.05, 3.63) is 75.8 Å². The molecule has 1 aromatic heterocycles. The van der Waals surface area contributed by atoms with Gasteiger partial charge in [-0.15, -0.1) is 0 Å². The smallest absolute Gasteiger partial charge is 0.258 e. The van der Waals surface area contributed by atoms with Gasteiger partial charge in [0.15, 0.2) is 11.6 Å². The topological polar surface area (TPSA) is 69.3 Å². The molecule has 0 aliphatic carbocycles. The summed E-state index contributed by atoms with van der Waals surface area (Å²) in [5.74, 6) is -1.76. The van der Waals surface area contributed by atoms with Gasteiger partial charge in [-0.1, -0.05) is 12.1 Å². The second-order valence-corrected chi connectivity index (χ2v) is 7.10.